The predicted octanol–water partition coefficient (Wildman–Crippen LogP) is 2.37. The summed E-state index contributed by atoms with van der Waals surface area (Å²) in [6, 6.07) is 12.2. The second kappa shape index (κ2) is 7.94. The lowest BCUT2D eigenvalue weighted by molar-refractivity contribution is -0.135. The molecule has 11 heteroatoms. The summed E-state index contributed by atoms with van der Waals surface area (Å²) in [5.74, 6) is -1.71. The third kappa shape index (κ3) is 4.08. The minimum atomic E-state index is -4.18. The van der Waals surface area contributed by atoms with Crippen molar-refractivity contribution in [1.29, 1.82) is 5.41 Å². The van der Waals surface area contributed by atoms with Crippen LogP contribution in [0.25, 0.3) is 10.8 Å². The van der Waals surface area contributed by atoms with Gasteiger partial charge in [0.05, 0.1) is 22.5 Å². The molecule has 0 bridgehead atoms. The third-order valence-electron chi connectivity index (χ3n) is 4.04. The number of rotatable bonds is 6. The summed E-state index contributed by atoms with van der Waals surface area (Å²) in [5, 5.41) is 17.6. The summed E-state index contributed by atoms with van der Waals surface area (Å²) in [4.78, 5) is 15.2. The number of guanidine groups is 1. The van der Waals surface area contributed by atoms with E-state index >= 15 is 0 Å². The minimum absolute atomic E-state index is 0.113. The summed E-state index contributed by atoms with van der Waals surface area (Å²) in [6.45, 7) is -0.734. The van der Waals surface area contributed by atoms with E-state index in [1.165, 1.54) is 42.7 Å². The molecule has 1 heterocycles. The maximum atomic E-state index is 13.2. The fourth-order valence-electron chi connectivity index (χ4n) is 2.74. The van der Waals surface area contributed by atoms with Gasteiger partial charge in [-0.2, -0.15) is 0 Å². The Bertz CT molecular complexity index is 1190. The first kappa shape index (κ1) is 20.4. The van der Waals surface area contributed by atoms with E-state index in [9.17, 15) is 18.3 Å². The van der Waals surface area contributed by atoms with Gasteiger partial charge in [0.25, 0.3) is 10.0 Å². The number of aliphatic carboxylic acids is 1. The topological polar surface area (TPSA) is 141 Å². The van der Waals surface area contributed by atoms with Crippen molar-refractivity contribution in [2.75, 3.05) is 15.3 Å². The van der Waals surface area contributed by atoms with E-state index in [4.69, 9.17) is 22.9 Å². The van der Waals surface area contributed by atoms with Crippen molar-refractivity contribution in [2.45, 2.75) is 4.90 Å². The number of hydrogen-bond donors (Lipinski definition) is 3. The lowest BCUT2D eigenvalue weighted by Gasteiger charge is -2.23. The molecule has 0 radical (unpaired) electrons. The molecule has 1 aromatic heterocycles. The smallest absolute Gasteiger partial charge is 0.324 e. The number of carbonyl (C=O) groups is 1. The number of fused-ring (bicyclic) bond motifs is 1. The standard InChI is InChI=1S/C18H16ClN5O4S/c19-24(18(20)21)16-10-22-9-12-8-14(6-7-15(12)16)29(27,28)23(11-17(25)26)13-4-2-1-3-5-13/h1-10H,11H2,(H3,20,21)(H,25,26). The number of halogens is 1. The molecule has 0 spiro atoms. The van der Waals surface area contributed by atoms with Crippen LogP contribution in [0.5, 0.6) is 0 Å². The molecule has 0 amide bonds. The number of nitrogens with two attached hydrogens (primary N) is 1. The monoisotopic (exact) mass is 433 g/mol. The maximum Gasteiger partial charge on any atom is 0.324 e. The van der Waals surface area contributed by atoms with Gasteiger partial charge in [-0.15, -0.1) is 0 Å². The van der Waals surface area contributed by atoms with Crippen LogP contribution >= 0.6 is 11.8 Å². The zero-order chi connectivity index (χ0) is 21.2. The summed E-state index contributed by atoms with van der Waals surface area (Å²) < 4.78 is 28.1. The van der Waals surface area contributed by atoms with Gasteiger partial charge in [-0.1, -0.05) is 24.3 Å². The Labute approximate surface area is 171 Å². The van der Waals surface area contributed by atoms with Crippen molar-refractivity contribution in [3.63, 3.8) is 0 Å². The molecule has 0 aliphatic heterocycles. The van der Waals surface area contributed by atoms with Gasteiger partial charge < -0.3 is 10.8 Å². The average Bonchev–Trinajstić information content (AvgIpc) is 2.70. The van der Waals surface area contributed by atoms with Crippen molar-refractivity contribution in [2.24, 2.45) is 5.73 Å². The number of pyridine rings is 1. The number of sulfonamides is 1. The molecule has 0 saturated heterocycles. The molecule has 0 aliphatic carbocycles. The third-order valence-corrected chi connectivity index (χ3v) is 6.18. The molecule has 0 unspecified atom stereocenters. The van der Waals surface area contributed by atoms with Crippen LogP contribution in [0.2, 0.25) is 0 Å². The number of carboxylic acids is 1. The highest BCUT2D eigenvalue weighted by Gasteiger charge is 2.27. The first-order chi connectivity index (χ1) is 13.7. The van der Waals surface area contributed by atoms with E-state index in [-0.39, 0.29) is 10.6 Å². The van der Waals surface area contributed by atoms with Crippen LogP contribution in [0.15, 0.2) is 65.8 Å². The van der Waals surface area contributed by atoms with E-state index in [0.717, 1.165) is 8.72 Å². The van der Waals surface area contributed by atoms with Crippen molar-refractivity contribution >= 4 is 55.9 Å². The fraction of sp³-hybridized carbons (Fsp3) is 0.0556. The second-order valence-electron chi connectivity index (χ2n) is 5.95. The van der Waals surface area contributed by atoms with Crippen molar-refractivity contribution in [3.8, 4) is 0 Å². The van der Waals surface area contributed by atoms with Gasteiger partial charge in [0.1, 0.15) is 6.54 Å². The molecule has 29 heavy (non-hydrogen) atoms. The Balaban J connectivity index is 2.12. The van der Waals surface area contributed by atoms with Gasteiger partial charge in [0, 0.05) is 28.7 Å². The molecule has 0 atom stereocenters. The van der Waals surface area contributed by atoms with E-state index in [2.05, 4.69) is 4.98 Å². The van der Waals surface area contributed by atoms with Gasteiger partial charge in [-0.05, 0) is 24.3 Å². The van der Waals surface area contributed by atoms with Crippen molar-refractivity contribution < 1.29 is 18.3 Å². The molecule has 9 nitrogen and oxygen atoms in total. The Morgan fingerprint density at radius 1 is 1.17 bits per heavy atom. The average molecular weight is 434 g/mol. The lowest BCUT2D eigenvalue weighted by Crippen LogP contribution is -2.35. The largest absolute Gasteiger partial charge is 0.480 e. The highest BCUT2D eigenvalue weighted by molar-refractivity contribution is 7.92. The van der Waals surface area contributed by atoms with Gasteiger partial charge in [-0.25, -0.2) is 12.8 Å². The molecule has 0 saturated carbocycles. The maximum absolute atomic E-state index is 13.2. The number of aromatic nitrogens is 1. The van der Waals surface area contributed by atoms with Crippen LogP contribution in [-0.4, -0.2) is 37.0 Å². The zero-order valence-electron chi connectivity index (χ0n) is 14.9. The Morgan fingerprint density at radius 3 is 2.48 bits per heavy atom. The molecule has 2 aromatic carbocycles. The number of hydrogen-bond acceptors (Lipinski definition) is 5. The van der Waals surface area contributed by atoms with Gasteiger partial charge in [0.15, 0.2) is 0 Å². The molecular formula is C18H16ClN5O4S. The van der Waals surface area contributed by atoms with E-state index in [1.807, 2.05) is 0 Å². The highest BCUT2D eigenvalue weighted by atomic mass is 35.5. The summed E-state index contributed by atoms with van der Waals surface area (Å²) in [6.07, 6.45) is 2.83. The number of nitrogens with one attached hydrogen (secondary N) is 1. The van der Waals surface area contributed by atoms with Gasteiger partial charge >= 0.3 is 5.97 Å². The molecule has 3 rings (SSSR count). The van der Waals surface area contributed by atoms with Crippen LogP contribution in [0, 0.1) is 5.41 Å². The highest BCUT2D eigenvalue weighted by Crippen LogP contribution is 2.30. The Morgan fingerprint density at radius 2 is 1.86 bits per heavy atom. The van der Waals surface area contributed by atoms with Crippen LogP contribution in [0.4, 0.5) is 11.4 Å². The second-order valence-corrected chi connectivity index (χ2v) is 8.15. The number of nitrogens with zero attached hydrogens (tertiary/aromatic N) is 3. The normalized spacial score (nSPS) is 11.2. The molecular weight excluding hydrogens is 418 g/mol. The van der Waals surface area contributed by atoms with Crippen LogP contribution in [0.3, 0.4) is 0 Å². The summed E-state index contributed by atoms with van der Waals surface area (Å²) >= 11 is 5.99. The SMILES string of the molecule is N=C(N)N(Cl)c1cncc2cc(S(=O)(=O)N(CC(=O)O)c3ccccc3)ccc12. The molecule has 4 N–H and O–H groups in total. The molecule has 0 aliphatic rings. The first-order valence-electron chi connectivity index (χ1n) is 8.19. The van der Waals surface area contributed by atoms with Crippen LogP contribution in [0.1, 0.15) is 0 Å². The van der Waals surface area contributed by atoms with Crippen molar-refractivity contribution in [3.05, 3.63) is 60.9 Å². The summed E-state index contributed by atoms with van der Waals surface area (Å²) in [7, 11) is -4.18. The Kier molecular flexibility index (Phi) is 5.57. The van der Waals surface area contributed by atoms with E-state index in [0.29, 0.717) is 16.5 Å². The molecule has 150 valence electrons. The van der Waals surface area contributed by atoms with Crippen LogP contribution < -0.4 is 14.5 Å². The minimum Gasteiger partial charge on any atom is -0.480 e. The van der Waals surface area contributed by atoms with Crippen LogP contribution in [-0.2, 0) is 14.8 Å². The van der Waals surface area contributed by atoms with Gasteiger partial charge in [-0.3, -0.25) is 19.5 Å². The predicted molar refractivity (Wildman–Crippen MR) is 111 cm³/mol. The Hall–Kier alpha value is -3.37. The quantitative estimate of drug-likeness (QED) is 0.308. The molecule has 0 fully saturated rings. The molecule has 3 aromatic rings. The number of benzene rings is 2. The lowest BCUT2D eigenvalue weighted by atomic mass is 10.1. The van der Waals surface area contributed by atoms with Crippen molar-refractivity contribution in [1.82, 2.24) is 4.98 Å². The first-order valence-corrected chi connectivity index (χ1v) is 9.97. The zero-order valence-corrected chi connectivity index (χ0v) is 16.4. The summed E-state index contributed by atoms with van der Waals surface area (Å²) in [5.41, 5.74) is 5.94. The van der Waals surface area contributed by atoms with Gasteiger partial charge in [0.2, 0.25) is 5.96 Å². The van der Waals surface area contributed by atoms with E-state index < -0.39 is 28.5 Å². The number of anilines is 2. The van der Waals surface area contributed by atoms with E-state index in [1.54, 1.807) is 18.2 Å². The fourth-order valence-corrected chi connectivity index (χ4v) is 4.33. The number of carboxylic acid groups (broad SMARTS) is 1. The number of para-hydroxylation sites is 1.